The van der Waals surface area contributed by atoms with Crippen LogP contribution in [-0.4, -0.2) is 27.4 Å². The number of ether oxygens (including phenoxy) is 1. The summed E-state index contributed by atoms with van der Waals surface area (Å²) in [5.41, 5.74) is 7.82. The van der Waals surface area contributed by atoms with E-state index in [0.29, 0.717) is 12.6 Å². The molecule has 1 aliphatic rings. The third-order valence-electron chi connectivity index (χ3n) is 4.04. The number of nitrogens with two attached hydrogens (primary N) is 1. The number of hydrogen-bond acceptors (Lipinski definition) is 4. The van der Waals surface area contributed by atoms with E-state index in [4.69, 9.17) is 10.5 Å². The summed E-state index contributed by atoms with van der Waals surface area (Å²) in [6.45, 7) is 2.54. The molecule has 20 heavy (non-hydrogen) atoms. The van der Waals surface area contributed by atoms with Crippen molar-refractivity contribution >= 4 is 17.0 Å². The highest BCUT2D eigenvalue weighted by atomic mass is 16.5. The van der Waals surface area contributed by atoms with Gasteiger partial charge in [-0.25, -0.2) is 4.98 Å². The fourth-order valence-electron chi connectivity index (χ4n) is 3.12. The van der Waals surface area contributed by atoms with Gasteiger partial charge in [0.1, 0.15) is 11.3 Å². The van der Waals surface area contributed by atoms with Gasteiger partial charge < -0.3 is 20.1 Å². The average molecular weight is 275 g/mol. The molecule has 1 heterocycles. The summed E-state index contributed by atoms with van der Waals surface area (Å²) in [5, 5.41) is 10.3. The fraction of sp³-hybridized carbons (Fsp3) is 0.533. The van der Waals surface area contributed by atoms with Crippen molar-refractivity contribution in [2.24, 2.45) is 0 Å². The molecule has 2 atom stereocenters. The van der Waals surface area contributed by atoms with Crippen molar-refractivity contribution in [3.05, 3.63) is 18.2 Å². The molecule has 1 aromatic carbocycles. The van der Waals surface area contributed by atoms with Crippen LogP contribution in [0.3, 0.4) is 0 Å². The van der Waals surface area contributed by atoms with Crippen LogP contribution in [0.4, 0.5) is 5.95 Å². The van der Waals surface area contributed by atoms with Crippen LogP contribution in [-0.2, 0) is 0 Å². The first-order valence-corrected chi connectivity index (χ1v) is 7.29. The molecular weight excluding hydrogens is 254 g/mol. The number of imidazole rings is 1. The number of aliphatic hydroxyl groups excluding tert-OH is 1. The molecule has 0 radical (unpaired) electrons. The van der Waals surface area contributed by atoms with E-state index in [1.165, 1.54) is 0 Å². The zero-order valence-electron chi connectivity index (χ0n) is 11.7. The third kappa shape index (κ3) is 2.12. The van der Waals surface area contributed by atoms with Gasteiger partial charge in [0, 0.05) is 0 Å². The Hall–Kier alpha value is -1.75. The molecule has 2 unspecified atom stereocenters. The summed E-state index contributed by atoms with van der Waals surface area (Å²) in [5.74, 6) is 1.21. The van der Waals surface area contributed by atoms with Crippen LogP contribution in [0.15, 0.2) is 18.2 Å². The van der Waals surface area contributed by atoms with Crippen molar-refractivity contribution in [2.45, 2.75) is 44.8 Å². The number of anilines is 1. The minimum absolute atomic E-state index is 0.0191. The number of hydrogen-bond donors (Lipinski definition) is 2. The number of rotatable bonds is 3. The van der Waals surface area contributed by atoms with Crippen molar-refractivity contribution in [2.75, 3.05) is 12.3 Å². The summed E-state index contributed by atoms with van der Waals surface area (Å²) in [6.07, 6.45) is 3.62. The Morgan fingerprint density at radius 2 is 2.20 bits per heavy atom. The van der Waals surface area contributed by atoms with Crippen molar-refractivity contribution in [3.8, 4) is 5.75 Å². The molecule has 0 saturated heterocycles. The highest BCUT2D eigenvalue weighted by molar-refractivity contribution is 5.84. The normalized spacial score (nSPS) is 23.1. The van der Waals surface area contributed by atoms with Gasteiger partial charge in [0.15, 0.2) is 0 Å². The molecule has 1 aromatic heterocycles. The molecule has 0 bridgehead atoms. The second-order valence-electron chi connectivity index (χ2n) is 5.32. The average Bonchev–Trinajstić information content (AvgIpc) is 2.77. The Balaban J connectivity index is 2.11. The summed E-state index contributed by atoms with van der Waals surface area (Å²) in [7, 11) is 0. The minimum Gasteiger partial charge on any atom is -0.492 e. The number of fused-ring (bicyclic) bond motifs is 1. The third-order valence-corrected chi connectivity index (χ3v) is 4.04. The zero-order chi connectivity index (χ0) is 14.1. The van der Waals surface area contributed by atoms with E-state index in [9.17, 15) is 5.11 Å². The predicted molar refractivity (Wildman–Crippen MR) is 78.8 cm³/mol. The van der Waals surface area contributed by atoms with E-state index in [0.717, 1.165) is 42.5 Å². The largest absolute Gasteiger partial charge is 0.492 e. The predicted octanol–water partition coefficient (Wildman–Crippen LogP) is 2.49. The molecule has 5 nitrogen and oxygen atoms in total. The van der Waals surface area contributed by atoms with Gasteiger partial charge in [-0.15, -0.1) is 0 Å². The first-order chi connectivity index (χ1) is 9.72. The molecule has 3 rings (SSSR count). The molecule has 2 aromatic rings. The minimum atomic E-state index is -0.348. The zero-order valence-corrected chi connectivity index (χ0v) is 11.7. The van der Waals surface area contributed by atoms with Crippen molar-refractivity contribution in [1.82, 2.24) is 9.55 Å². The summed E-state index contributed by atoms with van der Waals surface area (Å²) < 4.78 is 7.58. The van der Waals surface area contributed by atoms with Crippen LogP contribution in [0.5, 0.6) is 5.75 Å². The maximum Gasteiger partial charge on any atom is 0.201 e. The number of nitrogen functional groups attached to an aromatic ring is 1. The van der Waals surface area contributed by atoms with E-state index < -0.39 is 0 Å². The molecule has 108 valence electrons. The Bertz CT molecular complexity index is 608. The van der Waals surface area contributed by atoms with Gasteiger partial charge in [0.2, 0.25) is 5.95 Å². The topological polar surface area (TPSA) is 73.3 Å². The number of aliphatic hydroxyl groups is 1. The molecular formula is C15H21N3O2. The van der Waals surface area contributed by atoms with Gasteiger partial charge in [0.25, 0.3) is 0 Å². The molecule has 0 spiro atoms. The fourth-order valence-corrected chi connectivity index (χ4v) is 3.12. The molecule has 0 amide bonds. The van der Waals surface area contributed by atoms with Crippen LogP contribution in [0.1, 0.15) is 38.6 Å². The molecule has 5 heteroatoms. The standard InChI is InChI=1S/C15H21N3O2/c1-2-20-13-9-5-7-11-14(13)17-15(16)18(11)10-6-3-4-8-12(10)19/h5,7,9-10,12,19H,2-4,6,8H2,1H3,(H2,16,17). The van der Waals surface area contributed by atoms with Crippen molar-refractivity contribution in [1.29, 1.82) is 0 Å². The Morgan fingerprint density at radius 1 is 1.40 bits per heavy atom. The van der Waals surface area contributed by atoms with Gasteiger partial charge in [-0.3, -0.25) is 0 Å². The van der Waals surface area contributed by atoms with E-state index in [1.54, 1.807) is 0 Å². The number of para-hydroxylation sites is 1. The molecule has 3 N–H and O–H groups in total. The monoisotopic (exact) mass is 275 g/mol. The van der Waals surface area contributed by atoms with Crippen LogP contribution >= 0.6 is 0 Å². The molecule has 1 saturated carbocycles. The van der Waals surface area contributed by atoms with Gasteiger partial charge >= 0.3 is 0 Å². The second kappa shape index (κ2) is 5.32. The number of benzene rings is 1. The number of nitrogens with zero attached hydrogens (tertiary/aromatic N) is 2. The Morgan fingerprint density at radius 3 is 2.95 bits per heavy atom. The van der Waals surface area contributed by atoms with E-state index >= 15 is 0 Å². The Labute approximate surface area is 118 Å². The van der Waals surface area contributed by atoms with Crippen LogP contribution in [0.2, 0.25) is 0 Å². The van der Waals surface area contributed by atoms with E-state index in [1.807, 2.05) is 29.7 Å². The lowest BCUT2D eigenvalue weighted by Gasteiger charge is -2.29. The Kier molecular flexibility index (Phi) is 3.53. The quantitative estimate of drug-likeness (QED) is 0.902. The smallest absolute Gasteiger partial charge is 0.201 e. The molecule has 0 aliphatic heterocycles. The van der Waals surface area contributed by atoms with Crippen LogP contribution < -0.4 is 10.5 Å². The van der Waals surface area contributed by atoms with Gasteiger partial charge in [0.05, 0.1) is 24.3 Å². The van der Waals surface area contributed by atoms with Gasteiger partial charge in [-0.05, 0) is 31.9 Å². The van der Waals surface area contributed by atoms with E-state index in [-0.39, 0.29) is 12.1 Å². The maximum atomic E-state index is 10.3. The van der Waals surface area contributed by atoms with E-state index in [2.05, 4.69) is 4.98 Å². The van der Waals surface area contributed by atoms with Gasteiger partial charge in [-0.2, -0.15) is 0 Å². The highest BCUT2D eigenvalue weighted by Crippen LogP contribution is 2.35. The first-order valence-electron chi connectivity index (χ1n) is 7.29. The highest BCUT2D eigenvalue weighted by Gasteiger charge is 2.28. The maximum absolute atomic E-state index is 10.3. The molecule has 1 aliphatic carbocycles. The lowest BCUT2D eigenvalue weighted by atomic mass is 9.92. The molecule has 1 fully saturated rings. The van der Waals surface area contributed by atoms with Crippen molar-refractivity contribution in [3.63, 3.8) is 0 Å². The SMILES string of the molecule is CCOc1cccc2c1nc(N)n2C1CCCCC1O. The summed E-state index contributed by atoms with van der Waals surface area (Å²) in [6, 6.07) is 5.86. The lowest BCUT2D eigenvalue weighted by molar-refractivity contribution is 0.0783. The van der Waals surface area contributed by atoms with Crippen molar-refractivity contribution < 1.29 is 9.84 Å². The second-order valence-corrected chi connectivity index (χ2v) is 5.32. The first kappa shape index (κ1) is 13.2. The van der Waals surface area contributed by atoms with Crippen LogP contribution in [0, 0.1) is 0 Å². The summed E-state index contributed by atoms with van der Waals surface area (Å²) in [4.78, 5) is 4.45. The lowest BCUT2D eigenvalue weighted by Crippen LogP contribution is -2.28. The number of aromatic nitrogens is 2. The van der Waals surface area contributed by atoms with Crippen LogP contribution in [0.25, 0.3) is 11.0 Å². The summed E-state index contributed by atoms with van der Waals surface area (Å²) >= 11 is 0. The van der Waals surface area contributed by atoms with Gasteiger partial charge in [-0.1, -0.05) is 18.9 Å².